The third-order valence-electron chi connectivity index (χ3n) is 4.00. The SMILES string of the molecule is O=C(N[C@@H](Cc1ccccc1)C(=O)CSCc1ccco1)On1c(O)ccc1O. The molecule has 152 valence electrons. The first kappa shape index (κ1) is 20.4. The second kappa shape index (κ2) is 9.74. The lowest BCUT2D eigenvalue weighted by atomic mass is 10.0. The largest absolute Gasteiger partial charge is 0.492 e. The van der Waals surface area contributed by atoms with Gasteiger partial charge in [0, 0.05) is 12.1 Å². The molecule has 29 heavy (non-hydrogen) atoms. The molecule has 0 spiro atoms. The second-order valence-electron chi connectivity index (χ2n) is 6.15. The van der Waals surface area contributed by atoms with Crippen LogP contribution in [0.25, 0.3) is 0 Å². The molecule has 2 heterocycles. The average Bonchev–Trinajstić information content (AvgIpc) is 3.34. The number of hydrogen-bond acceptors (Lipinski definition) is 7. The lowest BCUT2D eigenvalue weighted by Crippen LogP contribution is -2.46. The van der Waals surface area contributed by atoms with E-state index in [0.717, 1.165) is 11.3 Å². The smallest absolute Gasteiger partial charge is 0.432 e. The summed E-state index contributed by atoms with van der Waals surface area (Å²) in [6, 6.07) is 14.4. The molecule has 0 fully saturated rings. The van der Waals surface area contributed by atoms with Gasteiger partial charge in [-0.3, -0.25) is 4.79 Å². The van der Waals surface area contributed by atoms with E-state index in [4.69, 9.17) is 9.25 Å². The van der Waals surface area contributed by atoms with E-state index in [2.05, 4.69) is 5.32 Å². The van der Waals surface area contributed by atoms with Gasteiger partial charge in [0.05, 0.1) is 23.8 Å². The first-order chi connectivity index (χ1) is 14.0. The van der Waals surface area contributed by atoms with Crippen molar-refractivity contribution in [2.24, 2.45) is 0 Å². The summed E-state index contributed by atoms with van der Waals surface area (Å²) in [4.78, 5) is 29.8. The van der Waals surface area contributed by atoms with Crippen LogP contribution < -0.4 is 10.2 Å². The number of nitrogens with zero attached hydrogens (tertiary/aromatic N) is 1. The Hall–Kier alpha value is -3.33. The maximum absolute atomic E-state index is 12.7. The minimum Gasteiger partial charge on any atom is -0.492 e. The number of rotatable bonds is 9. The third kappa shape index (κ3) is 5.82. The number of Topliss-reactive ketones (excluding diaryl/α,β-unsaturated/α-hetero) is 1. The van der Waals surface area contributed by atoms with E-state index in [-0.39, 0.29) is 18.0 Å². The van der Waals surface area contributed by atoms with Crippen LogP contribution in [0.4, 0.5) is 4.79 Å². The zero-order valence-electron chi connectivity index (χ0n) is 15.4. The molecule has 9 heteroatoms. The Bertz CT molecular complexity index is 920. The van der Waals surface area contributed by atoms with Crippen molar-refractivity contribution < 1.29 is 29.1 Å². The molecule has 0 saturated heterocycles. The Morgan fingerprint density at radius 3 is 2.45 bits per heavy atom. The van der Waals surface area contributed by atoms with E-state index in [1.54, 1.807) is 12.3 Å². The lowest BCUT2D eigenvalue weighted by Gasteiger charge is -2.18. The third-order valence-corrected chi connectivity index (χ3v) is 4.98. The van der Waals surface area contributed by atoms with Crippen molar-refractivity contribution in [1.29, 1.82) is 0 Å². The molecule has 3 aromatic rings. The summed E-state index contributed by atoms with van der Waals surface area (Å²) >= 11 is 1.37. The summed E-state index contributed by atoms with van der Waals surface area (Å²) < 4.78 is 5.81. The highest BCUT2D eigenvalue weighted by Crippen LogP contribution is 2.19. The van der Waals surface area contributed by atoms with Crippen molar-refractivity contribution in [2.75, 3.05) is 5.75 Å². The molecule has 3 N–H and O–H groups in total. The Morgan fingerprint density at radius 2 is 1.79 bits per heavy atom. The van der Waals surface area contributed by atoms with Gasteiger partial charge in [-0.1, -0.05) is 30.3 Å². The van der Waals surface area contributed by atoms with Gasteiger partial charge in [0.2, 0.25) is 11.8 Å². The predicted molar refractivity (Wildman–Crippen MR) is 107 cm³/mol. The van der Waals surface area contributed by atoms with Gasteiger partial charge < -0.3 is 24.8 Å². The molecule has 2 aromatic heterocycles. The van der Waals surface area contributed by atoms with Gasteiger partial charge in [0.25, 0.3) is 0 Å². The van der Waals surface area contributed by atoms with E-state index in [0.29, 0.717) is 10.5 Å². The number of benzene rings is 1. The maximum atomic E-state index is 12.7. The molecule has 8 nitrogen and oxygen atoms in total. The topological polar surface area (TPSA) is 114 Å². The molecule has 0 unspecified atom stereocenters. The van der Waals surface area contributed by atoms with Crippen molar-refractivity contribution in [3.8, 4) is 11.8 Å². The summed E-state index contributed by atoms with van der Waals surface area (Å²) in [5.74, 6) is 0.372. The van der Waals surface area contributed by atoms with Crippen molar-refractivity contribution in [1.82, 2.24) is 10.0 Å². The molecule has 1 atom stereocenters. The molecule has 0 aliphatic rings. The number of ketones is 1. The molecule has 0 saturated carbocycles. The first-order valence-electron chi connectivity index (χ1n) is 8.78. The van der Waals surface area contributed by atoms with Crippen molar-refractivity contribution in [3.05, 3.63) is 72.2 Å². The molecular weight excluding hydrogens is 396 g/mol. The first-order valence-corrected chi connectivity index (χ1v) is 9.93. The second-order valence-corrected chi connectivity index (χ2v) is 7.13. The quantitative estimate of drug-likeness (QED) is 0.491. The summed E-state index contributed by atoms with van der Waals surface area (Å²) in [6.07, 6.45) is 0.872. The van der Waals surface area contributed by atoms with Crippen molar-refractivity contribution in [2.45, 2.75) is 18.2 Å². The Labute approximate surface area is 171 Å². The molecule has 1 aromatic carbocycles. The van der Waals surface area contributed by atoms with Crippen LogP contribution in [-0.2, 0) is 17.0 Å². The van der Waals surface area contributed by atoms with E-state index in [1.165, 1.54) is 23.9 Å². The number of aromatic hydroxyl groups is 2. The number of amides is 1. The fourth-order valence-electron chi connectivity index (χ4n) is 2.59. The number of furan rings is 1. The van der Waals surface area contributed by atoms with Gasteiger partial charge in [-0.15, -0.1) is 16.5 Å². The van der Waals surface area contributed by atoms with Crippen LogP contribution in [0.2, 0.25) is 0 Å². The molecule has 0 aliphatic carbocycles. The molecule has 1 amide bonds. The molecular formula is C20H20N2O6S. The number of thioether (sulfide) groups is 1. The van der Waals surface area contributed by atoms with Crippen LogP contribution in [0.3, 0.4) is 0 Å². The van der Waals surface area contributed by atoms with Crippen molar-refractivity contribution in [3.63, 3.8) is 0 Å². The zero-order valence-corrected chi connectivity index (χ0v) is 16.2. The Balaban J connectivity index is 1.63. The van der Waals surface area contributed by atoms with Crippen LogP contribution >= 0.6 is 11.8 Å². The van der Waals surface area contributed by atoms with E-state index < -0.39 is 23.9 Å². The standard InChI is InChI=1S/C20H20N2O6S/c23-17(13-29-12-15-7-4-10-27-15)16(11-14-5-2-1-3-6-14)21-20(26)28-22-18(24)8-9-19(22)25/h1-10,16,24-25H,11-13H2,(H,21,26)/t16-/m0/s1. The minimum atomic E-state index is -0.975. The van der Waals surface area contributed by atoms with Gasteiger partial charge in [-0.2, -0.15) is 0 Å². The number of hydrogen-bond donors (Lipinski definition) is 3. The average molecular weight is 416 g/mol. The fraction of sp³-hybridized carbons (Fsp3) is 0.200. The van der Waals surface area contributed by atoms with Crippen molar-refractivity contribution >= 4 is 23.6 Å². The molecule has 3 rings (SSSR count). The highest BCUT2D eigenvalue weighted by atomic mass is 32.2. The number of carbonyl (C=O) groups is 2. The normalized spacial score (nSPS) is 11.7. The van der Waals surface area contributed by atoms with Gasteiger partial charge >= 0.3 is 6.09 Å². The van der Waals surface area contributed by atoms with Gasteiger partial charge in [0.1, 0.15) is 5.76 Å². The Morgan fingerprint density at radius 1 is 1.07 bits per heavy atom. The molecule has 0 radical (unpaired) electrons. The van der Waals surface area contributed by atoms with E-state index in [1.807, 2.05) is 36.4 Å². The molecule has 0 aliphatic heterocycles. The highest BCUT2D eigenvalue weighted by Gasteiger charge is 2.23. The van der Waals surface area contributed by atoms with Crippen LogP contribution in [0.15, 0.2) is 65.3 Å². The monoisotopic (exact) mass is 416 g/mol. The summed E-state index contributed by atoms with van der Waals surface area (Å²) in [5.41, 5.74) is 0.869. The number of nitrogens with one attached hydrogen (secondary N) is 1. The van der Waals surface area contributed by atoms with Crippen LogP contribution in [0.1, 0.15) is 11.3 Å². The van der Waals surface area contributed by atoms with Crippen LogP contribution in [0, 0.1) is 0 Å². The number of aromatic nitrogens is 1. The highest BCUT2D eigenvalue weighted by molar-refractivity contribution is 7.99. The predicted octanol–water partition coefficient (Wildman–Crippen LogP) is 2.74. The van der Waals surface area contributed by atoms with Gasteiger partial charge in [-0.05, 0) is 24.1 Å². The maximum Gasteiger partial charge on any atom is 0.432 e. The summed E-state index contributed by atoms with van der Waals surface area (Å²) in [5, 5.41) is 21.7. The zero-order chi connectivity index (χ0) is 20.6. The van der Waals surface area contributed by atoms with Gasteiger partial charge in [0.15, 0.2) is 5.78 Å². The summed E-state index contributed by atoms with van der Waals surface area (Å²) in [7, 11) is 0. The van der Waals surface area contributed by atoms with Crippen LogP contribution in [0.5, 0.6) is 11.8 Å². The Kier molecular flexibility index (Phi) is 6.85. The minimum absolute atomic E-state index is 0.165. The molecule has 0 bridgehead atoms. The fourth-order valence-corrected chi connectivity index (χ4v) is 3.46. The number of carbonyl (C=O) groups excluding carboxylic acids is 2. The van der Waals surface area contributed by atoms with E-state index in [9.17, 15) is 19.8 Å². The summed E-state index contributed by atoms with van der Waals surface area (Å²) in [6.45, 7) is 0. The van der Waals surface area contributed by atoms with E-state index >= 15 is 0 Å². The van der Waals surface area contributed by atoms with Gasteiger partial charge in [-0.25, -0.2) is 4.79 Å². The lowest BCUT2D eigenvalue weighted by molar-refractivity contribution is -0.118. The van der Waals surface area contributed by atoms with Crippen LogP contribution in [-0.4, -0.2) is 38.6 Å².